The summed E-state index contributed by atoms with van der Waals surface area (Å²) in [5.41, 5.74) is 0.296. The Kier molecular flexibility index (Phi) is 11.0. The summed E-state index contributed by atoms with van der Waals surface area (Å²) >= 11 is 1.68. The molecular weight excluding hydrogens is 497 g/mol. The molecule has 0 spiro atoms. The number of nitrogens with zero attached hydrogens (tertiary/aromatic N) is 2. The summed E-state index contributed by atoms with van der Waals surface area (Å²) in [6.45, 7) is 1.02. The summed E-state index contributed by atoms with van der Waals surface area (Å²) < 4.78 is 27.0. The highest BCUT2D eigenvalue weighted by molar-refractivity contribution is 14.0. The van der Waals surface area contributed by atoms with Gasteiger partial charge in [0.05, 0.1) is 0 Å². The lowest BCUT2D eigenvalue weighted by atomic mass is 10.1. The van der Waals surface area contributed by atoms with Gasteiger partial charge in [0.1, 0.15) is 18.2 Å². The predicted molar refractivity (Wildman–Crippen MR) is 121 cm³/mol. The number of likely N-dealkylation sites (N-methyl/N-ethyl adjacent to an activating group) is 1. The van der Waals surface area contributed by atoms with E-state index in [0.29, 0.717) is 31.0 Å². The zero-order chi connectivity index (χ0) is 19.6. The van der Waals surface area contributed by atoms with Crippen molar-refractivity contribution >= 4 is 47.2 Å². The van der Waals surface area contributed by atoms with Gasteiger partial charge in [-0.05, 0) is 48.1 Å². The molecule has 5 nitrogen and oxygen atoms in total. The number of carbonyl (C=O) groups is 1. The molecule has 9 heteroatoms. The molecule has 0 saturated heterocycles. The third kappa shape index (κ3) is 8.51. The van der Waals surface area contributed by atoms with E-state index < -0.39 is 11.6 Å². The van der Waals surface area contributed by atoms with Gasteiger partial charge in [-0.2, -0.15) is 0 Å². The van der Waals surface area contributed by atoms with Crippen LogP contribution in [0.15, 0.2) is 40.7 Å². The molecule has 0 aliphatic rings. The van der Waals surface area contributed by atoms with E-state index in [1.807, 2.05) is 11.4 Å². The van der Waals surface area contributed by atoms with Crippen LogP contribution in [-0.2, 0) is 17.6 Å². The van der Waals surface area contributed by atoms with Crippen LogP contribution in [0, 0.1) is 11.6 Å². The Bertz CT molecular complexity index is 769. The molecule has 1 amide bonds. The highest BCUT2D eigenvalue weighted by Crippen LogP contribution is 2.10. The van der Waals surface area contributed by atoms with Crippen LogP contribution in [0.5, 0.6) is 0 Å². The first-order valence-corrected chi connectivity index (χ1v) is 9.52. The van der Waals surface area contributed by atoms with Crippen molar-refractivity contribution in [3.05, 3.63) is 57.8 Å². The van der Waals surface area contributed by atoms with Gasteiger partial charge in [0.25, 0.3) is 0 Å². The molecule has 0 aliphatic heterocycles. The molecule has 28 heavy (non-hydrogen) atoms. The van der Waals surface area contributed by atoms with E-state index in [1.165, 1.54) is 15.8 Å². The standard InChI is InChI=1S/C19H24F2N4OS.HI/c1-25(2)18(26)13-24-19(23-10-8-16-4-3-11-27-16)22-9-7-14-12-15(20)5-6-17(14)21;/h3-6,11-12H,7-10,13H2,1-2H3,(H2,22,23,24);1H. The Morgan fingerprint density at radius 3 is 2.50 bits per heavy atom. The van der Waals surface area contributed by atoms with Crippen molar-refractivity contribution in [3.8, 4) is 0 Å². The summed E-state index contributed by atoms with van der Waals surface area (Å²) in [4.78, 5) is 18.7. The lowest BCUT2D eigenvalue weighted by molar-refractivity contribution is -0.127. The molecule has 1 aromatic heterocycles. The smallest absolute Gasteiger partial charge is 0.243 e. The molecule has 2 N–H and O–H groups in total. The molecule has 0 radical (unpaired) electrons. The van der Waals surface area contributed by atoms with Gasteiger partial charge < -0.3 is 15.5 Å². The zero-order valence-corrected chi connectivity index (χ0v) is 19.0. The highest BCUT2D eigenvalue weighted by Gasteiger charge is 2.07. The Hall–Kier alpha value is -1.75. The molecule has 1 aromatic carbocycles. The zero-order valence-electron chi connectivity index (χ0n) is 15.9. The third-order valence-electron chi connectivity index (χ3n) is 3.81. The first-order valence-electron chi connectivity index (χ1n) is 8.64. The molecule has 2 rings (SSSR count). The predicted octanol–water partition coefficient (Wildman–Crippen LogP) is 3.05. The van der Waals surface area contributed by atoms with Gasteiger partial charge in [0.2, 0.25) is 5.91 Å². The van der Waals surface area contributed by atoms with Crippen LogP contribution in [0.1, 0.15) is 10.4 Å². The summed E-state index contributed by atoms with van der Waals surface area (Å²) in [6.07, 6.45) is 1.13. The Morgan fingerprint density at radius 2 is 1.86 bits per heavy atom. The maximum absolute atomic E-state index is 13.7. The third-order valence-corrected chi connectivity index (χ3v) is 4.75. The van der Waals surface area contributed by atoms with Gasteiger partial charge in [-0.1, -0.05) is 6.07 Å². The number of hydrogen-bond acceptors (Lipinski definition) is 3. The number of rotatable bonds is 8. The number of amides is 1. The largest absolute Gasteiger partial charge is 0.356 e. The first kappa shape index (κ1) is 24.3. The lowest BCUT2D eigenvalue weighted by Gasteiger charge is -2.14. The monoisotopic (exact) mass is 522 g/mol. The average Bonchev–Trinajstić information content (AvgIpc) is 3.15. The van der Waals surface area contributed by atoms with Crippen LogP contribution in [0.4, 0.5) is 8.78 Å². The summed E-state index contributed by atoms with van der Waals surface area (Å²) in [6, 6.07) is 7.45. The molecule has 1 heterocycles. The van der Waals surface area contributed by atoms with Crippen LogP contribution < -0.4 is 10.6 Å². The van der Waals surface area contributed by atoms with E-state index in [0.717, 1.165) is 18.6 Å². The van der Waals surface area contributed by atoms with E-state index in [9.17, 15) is 13.6 Å². The van der Waals surface area contributed by atoms with Crippen molar-refractivity contribution in [3.63, 3.8) is 0 Å². The van der Waals surface area contributed by atoms with Crippen LogP contribution in [0.25, 0.3) is 0 Å². The minimum atomic E-state index is -0.467. The minimum Gasteiger partial charge on any atom is -0.356 e. The highest BCUT2D eigenvalue weighted by atomic mass is 127. The SMILES string of the molecule is CN(C)C(=O)CN=C(NCCc1cccs1)NCCc1cc(F)ccc1F.I. The minimum absolute atomic E-state index is 0. The second-order valence-corrected chi connectivity index (χ2v) is 7.15. The molecule has 0 atom stereocenters. The van der Waals surface area contributed by atoms with E-state index in [-0.39, 0.29) is 36.4 Å². The van der Waals surface area contributed by atoms with E-state index in [4.69, 9.17) is 0 Å². The van der Waals surface area contributed by atoms with Crippen molar-refractivity contribution in [1.29, 1.82) is 0 Å². The van der Waals surface area contributed by atoms with Gasteiger partial charge in [-0.15, -0.1) is 35.3 Å². The maximum Gasteiger partial charge on any atom is 0.243 e. The van der Waals surface area contributed by atoms with Gasteiger partial charge in [-0.3, -0.25) is 4.79 Å². The first-order chi connectivity index (χ1) is 13.0. The van der Waals surface area contributed by atoms with Crippen molar-refractivity contribution in [1.82, 2.24) is 15.5 Å². The van der Waals surface area contributed by atoms with Crippen molar-refractivity contribution < 1.29 is 13.6 Å². The van der Waals surface area contributed by atoms with Crippen LogP contribution in [-0.4, -0.2) is 50.5 Å². The fraction of sp³-hybridized carbons (Fsp3) is 0.368. The fourth-order valence-electron chi connectivity index (χ4n) is 2.27. The van der Waals surface area contributed by atoms with Crippen LogP contribution >= 0.6 is 35.3 Å². The average molecular weight is 522 g/mol. The summed E-state index contributed by atoms with van der Waals surface area (Å²) in [5.74, 6) is -0.555. The lowest BCUT2D eigenvalue weighted by Crippen LogP contribution is -2.40. The van der Waals surface area contributed by atoms with Crippen molar-refractivity contribution in [2.24, 2.45) is 4.99 Å². The summed E-state index contributed by atoms with van der Waals surface area (Å²) in [5, 5.41) is 8.26. The molecule has 0 bridgehead atoms. The summed E-state index contributed by atoms with van der Waals surface area (Å²) in [7, 11) is 3.34. The Labute approximate surface area is 185 Å². The van der Waals surface area contributed by atoms with Crippen LogP contribution in [0.2, 0.25) is 0 Å². The molecule has 0 fully saturated rings. The molecule has 0 aliphatic carbocycles. The number of hydrogen-bond donors (Lipinski definition) is 2. The number of aliphatic imine (C=N–C) groups is 1. The second kappa shape index (κ2) is 12.7. The Morgan fingerprint density at radius 1 is 1.14 bits per heavy atom. The fourth-order valence-corrected chi connectivity index (χ4v) is 2.98. The van der Waals surface area contributed by atoms with Gasteiger partial charge in [-0.25, -0.2) is 13.8 Å². The number of nitrogens with one attached hydrogen (secondary N) is 2. The molecular formula is C19H25F2IN4OS. The van der Waals surface area contributed by atoms with Gasteiger partial charge >= 0.3 is 0 Å². The topological polar surface area (TPSA) is 56.7 Å². The second-order valence-electron chi connectivity index (χ2n) is 6.12. The number of guanidine groups is 1. The quantitative estimate of drug-likeness (QED) is 0.319. The number of carbonyl (C=O) groups excluding carboxylic acids is 1. The van der Waals surface area contributed by atoms with E-state index in [2.05, 4.69) is 21.7 Å². The van der Waals surface area contributed by atoms with Crippen LogP contribution in [0.3, 0.4) is 0 Å². The molecule has 0 saturated carbocycles. The Balaban J connectivity index is 0.00000392. The van der Waals surface area contributed by atoms with E-state index in [1.54, 1.807) is 25.4 Å². The van der Waals surface area contributed by atoms with Crippen molar-refractivity contribution in [2.45, 2.75) is 12.8 Å². The van der Waals surface area contributed by atoms with E-state index >= 15 is 0 Å². The maximum atomic E-state index is 13.7. The molecule has 2 aromatic rings. The van der Waals surface area contributed by atoms with Gasteiger partial charge in [0, 0.05) is 32.1 Å². The molecule has 0 unspecified atom stereocenters. The normalized spacial score (nSPS) is 10.9. The molecule has 154 valence electrons. The van der Waals surface area contributed by atoms with Gasteiger partial charge in [0.15, 0.2) is 5.96 Å². The number of benzene rings is 1. The number of halogens is 3. The number of thiophene rings is 1. The van der Waals surface area contributed by atoms with Crippen molar-refractivity contribution in [2.75, 3.05) is 33.7 Å².